The van der Waals surface area contributed by atoms with Gasteiger partial charge in [-0.1, -0.05) is 6.07 Å². The van der Waals surface area contributed by atoms with Crippen molar-refractivity contribution in [3.05, 3.63) is 41.7 Å². The molecule has 5 nitrogen and oxygen atoms in total. The van der Waals surface area contributed by atoms with Gasteiger partial charge in [-0.25, -0.2) is 4.68 Å². The quantitative estimate of drug-likeness (QED) is 0.914. The number of rotatable bonds is 3. The third kappa shape index (κ3) is 3.48. The second-order valence-electron chi connectivity index (χ2n) is 5.53. The maximum absolute atomic E-state index is 12.1. The molecule has 1 aliphatic rings. The van der Waals surface area contributed by atoms with Crippen molar-refractivity contribution in [1.29, 1.82) is 0 Å². The van der Waals surface area contributed by atoms with Crippen LogP contribution in [0.4, 0.5) is 5.69 Å². The van der Waals surface area contributed by atoms with E-state index in [1.165, 1.54) is 0 Å². The molecule has 22 heavy (non-hydrogen) atoms. The molecule has 0 spiro atoms. The Bertz CT molecular complexity index is 662. The van der Waals surface area contributed by atoms with E-state index in [2.05, 4.69) is 15.7 Å². The van der Waals surface area contributed by atoms with Crippen LogP contribution in [0.1, 0.15) is 24.2 Å². The molecule has 0 aliphatic carbocycles. The first-order chi connectivity index (χ1) is 10.1. The van der Waals surface area contributed by atoms with E-state index in [-0.39, 0.29) is 24.4 Å². The molecule has 2 N–H and O–H groups in total. The lowest BCUT2D eigenvalue weighted by molar-refractivity contribution is -0.117. The number of nitrogens with zero attached hydrogens (tertiary/aromatic N) is 2. The molecule has 2 heterocycles. The predicted molar refractivity (Wildman–Crippen MR) is 89.9 cm³/mol. The van der Waals surface area contributed by atoms with E-state index < -0.39 is 0 Å². The lowest BCUT2D eigenvalue weighted by Crippen LogP contribution is -2.35. The number of hydrogen-bond acceptors (Lipinski definition) is 3. The molecule has 0 radical (unpaired) electrons. The third-order valence-electron chi connectivity index (χ3n) is 3.74. The molecule has 1 unspecified atom stereocenters. The van der Waals surface area contributed by atoms with Crippen LogP contribution in [0, 0.1) is 13.8 Å². The summed E-state index contributed by atoms with van der Waals surface area (Å²) in [6, 6.07) is 9.75. The van der Waals surface area contributed by atoms with Gasteiger partial charge in [0.1, 0.15) is 0 Å². The molecule has 1 fully saturated rings. The van der Waals surface area contributed by atoms with E-state index in [1.807, 2.05) is 48.9 Å². The standard InChI is InChI=1S/C16H20N4O.ClH/c1-11-9-12(2)20(19-11)14-6-3-5-13(10-14)18-16(21)15-7-4-8-17-15;/h3,5-6,9-10,15,17H,4,7-8H2,1-2H3,(H,18,21);1H. The average Bonchev–Trinajstić information content (AvgIpc) is 3.08. The summed E-state index contributed by atoms with van der Waals surface area (Å²) >= 11 is 0. The van der Waals surface area contributed by atoms with Crippen LogP contribution >= 0.6 is 12.4 Å². The molecular weight excluding hydrogens is 300 g/mol. The first kappa shape index (κ1) is 16.5. The van der Waals surface area contributed by atoms with Gasteiger partial charge < -0.3 is 10.6 Å². The molecule has 118 valence electrons. The van der Waals surface area contributed by atoms with Gasteiger partial charge in [0.15, 0.2) is 0 Å². The van der Waals surface area contributed by atoms with Gasteiger partial charge in [-0.2, -0.15) is 5.10 Å². The van der Waals surface area contributed by atoms with E-state index in [1.54, 1.807) is 0 Å². The van der Waals surface area contributed by atoms with Crippen molar-refractivity contribution in [3.8, 4) is 5.69 Å². The molecule has 1 aromatic carbocycles. The van der Waals surface area contributed by atoms with Crippen molar-refractivity contribution < 1.29 is 4.79 Å². The Morgan fingerprint density at radius 1 is 1.36 bits per heavy atom. The number of halogens is 1. The van der Waals surface area contributed by atoms with Crippen molar-refractivity contribution in [2.24, 2.45) is 0 Å². The second-order valence-corrected chi connectivity index (χ2v) is 5.53. The van der Waals surface area contributed by atoms with Crippen LogP contribution in [-0.4, -0.2) is 28.3 Å². The van der Waals surface area contributed by atoms with Crippen molar-refractivity contribution in [2.75, 3.05) is 11.9 Å². The summed E-state index contributed by atoms with van der Waals surface area (Å²) in [5.74, 6) is 0.0398. The monoisotopic (exact) mass is 320 g/mol. The molecular formula is C16H21ClN4O. The van der Waals surface area contributed by atoms with Crippen LogP contribution in [-0.2, 0) is 4.79 Å². The number of anilines is 1. The fraction of sp³-hybridized carbons (Fsp3) is 0.375. The summed E-state index contributed by atoms with van der Waals surface area (Å²) in [7, 11) is 0. The van der Waals surface area contributed by atoms with E-state index >= 15 is 0 Å². The number of aryl methyl sites for hydroxylation is 2. The number of hydrogen-bond donors (Lipinski definition) is 2. The molecule has 1 atom stereocenters. The smallest absolute Gasteiger partial charge is 0.241 e. The number of aromatic nitrogens is 2. The Kier molecular flexibility index (Phi) is 5.21. The number of nitrogens with one attached hydrogen (secondary N) is 2. The van der Waals surface area contributed by atoms with Crippen LogP contribution in [0.2, 0.25) is 0 Å². The van der Waals surface area contributed by atoms with Crippen LogP contribution in [0.25, 0.3) is 5.69 Å². The van der Waals surface area contributed by atoms with Gasteiger partial charge >= 0.3 is 0 Å². The van der Waals surface area contributed by atoms with Crippen molar-refractivity contribution in [3.63, 3.8) is 0 Å². The Hall–Kier alpha value is -1.85. The van der Waals surface area contributed by atoms with Gasteiger partial charge in [-0.3, -0.25) is 4.79 Å². The summed E-state index contributed by atoms with van der Waals surface area (Å²) in [5.41, 5.74) is 3.82. The summed E-state index contributed by atoms with van der Waals surface area (Å²) in [5, 5.41) is 10.7. The van der Waals surface area contributed by atoms with Gasteiger partial charge in [0.2, 0.25) is 5.91 Å². The Labute approximate surface area is 136 Å². The van der Waals surface area contributed by atoms with Gasteiger partial charge in [0, 0.05) is 11.4 Å². The number of amides is 1. The summed E-state index contributed by atoms with van der Waals surface area (Å²) in [6.07, 6.45) is 1.97. The second kappa shape index (κ2) is 6.94. The van der Waals surface area contributed by atoms with Crippen molar-refractivity contribution in [2.45, 2.75) is 32.7 Å². The SMILES string of the molecule is Cc1cc(C)n(-c2cccc(NC(=O)C3CCCN3)c2)n1.Cl. The molecule has 1 saturated heterocycles. The fourth-order valence-corrected chi connectivity index (χ4v) is 2.74. The number of benzene rings is 1. The van der Waals surface area contributed by atoms with E-state index in [0.29, 0.717) is 0 Å². The number of carbonyl (C=O) groups excluding carboxylic acids is 1. The van der Waals surface area contributed by atoms with Gasteiger partial charge in [0.05, 0.1) is 17.4 Å². The van der Waals surface area contributed by atoms with Crippen LogP contribution < -0.4 is 10.6 Å². The molecule has 1 amide bonds. The topological polar surface area (TPSA) is 59.0 Å². The average molecular weight is 321 g/mol. The highest BCUT2D eigenvalue weighted by molar-refractivity contribution is 5.95. The highest BCUT2D eigenvalue weighted by atomic mass is 35.5. The lowest BCUT2D eigenvalue weighted by atomic mass is 10.2. The van der Waals surface area contributed by atoms with Gasteiger partial charge in [-0.15, -0.1) is 12.4 Å². The highest BCUT2D eigenvalue weighted by Gasteiger charge is 2.21. The molecule has 0 saturated carbocycles. The summed E-state index contributed by atoms with van der Waals surface area (Å²) < 4.78 is 1.89. The van der Waals surface area contributed by atoms with E-state index in [0.717, 1.165) is 42.1 Å². The summed E-state index contributed by atoms with van der Waals surface area (Å²) in [4.78, 5) is 12.1. The van der Waals surface area contributed by atoms with Crippen molar-refractivity contribution >= 4 is 24.0 Å². The third-order valence-corrected chi connectivity index (χ3v) is 3.74. The molecule has 2 aromatic rings. The molecule has 6 heteroatoms. The van der Waals surface area contributed by atoms with Crippen molar-refractivity contribution in [1.82, 2.24) is 15.1 Å². The van der Waals surface area contributed by atoms with Crippen LogP contribution in [0.5, 0.6) is 0 Å². The van der Waals surface area contributed by atoms with E-state index in [9.17, 15) is 4.79 Å². The Morgan fingerprint density at radius 2 is 2.18 bits per heavy atom. The normalized spacial score (nSPS) is 17.1. The molecule has 3 rings (SSSR count). The van der Waals surface area contributed by atoms with Crippen LogP contribution in [0.15, 0.2) is 30.3 Å². The number of carbonyl (C=O) groups is 1. The van der Waals surface area contributed by atoms with Crippen LogP contribution in [0.3, 0.4) is 0 Å². The fourth-order valence-electron chi connectivity index (χ4n) is 2.74. The first-order valence-corrected chi connectivity index (χ1v) is 7.31. The van der Waals surface area contributed by atoms with E-state index in [4.69, 9.17) is 0 Å². The maximum Gasteiger partial charge on any atom is 0.241 e. The zero-order valence-electron chi connectivity index (χ0n) is 12.8. The van der Waals surface area contributed by atoms with Gasteiger partial charge in [0.25, 0.3) is 0 Å². The predicted octanol–water partition coefficient (Wildman–Crippen LogP) is 2.60. The maximum atomic E-state index is 12.1. The first-order valence-electron chi connectivity index (χ1n) is 7.31. The zero-order chi connectivity index (χ0) is 14.8. The Morgan fingerprint density at radius 3 is 2.82 bits per heavy atom. The minimum absolute atomic E-state index is 0. The van der Waals surface area contributed by atoms with Gasteiger partial charge in [-0.05, 0) is 57.5 Å². The minimum Gasteiger partial charge on any atom is -0.325 e. The molecule has 1 aliphatic heterocycles. The highest BCUT2D eigenvalue weighted by Crippen LogP contribution is 2.17. The Balaban J connectivity index is 0.00000176. The minimum atomic E-state index is -0.0673. The largest absolute Gasteiger partial charge is 0.325 e. The molecule has 1 aromatic heterocycles. The summed E-state index contributed by atoms with van der Waals surface area (Å²) in [6.45, 7) is 4.92. The zero-order valence-corrected chi connectivity index (χ0v) is 13.6. The molecule has 0 bridgehead atoms. The lowest BCUT2D eigenvalue weighted by Gasteiger charge is -2.12.